The van der Waals surface area contributed by atoms with Crippen molar-refractivity contribution >= 4 is 18.0 Å². The molecule has 2 aromatic rings. The Morgan fingerprint density at radius 2 is 1.59 bits per heavy atom. The van der Waals surface area contributed by atoms with E-state index in [9.17, 15) is 14.4 Å². The highest BCUT2D eigenvalue weighted by Crippen LogP contribution is 2.33. The lowest BCUT2D eigenvalue weighted by Gasteiger charge is -2.18. The lowest BCUT2D eigenvalue weighted by atomic mass is 9.92. The third-order valence-electron chi connectivity index (χ3n) is 5.72. The molecule has 0 aliphatic heterocycles. The molecule has 0 radical (unpaired) electrons. The van der Waals surface area contributed by atoms with E-state index in [-0.39, 0.29) is 30.2 Å². The van der Waals surface area contributed by atoms with Crippen molar-refractivity contribution < 1.29 is 23.9 Å². The van der Waals surface area contributed by atoms with E-state index in [1.165, 1.54) is 0 Å². The van der Waals surface area contributed by atoms with Crippen LogP contribution in [0.25, 0.3) is 0 Å². The van der Waals surface area contributed by atoms with E-state index < -0.39 is 5.92 Å². The number of esters is 1. The van der Waals surface area contributed by atoms with E-state index in [1.54, 1.807) is 0 Å². The van der Waals surface area contributed by atoms with Crippen LogP contribution < -0.4 is 0 Å². The molecule has 3 rings (SSSR count). The molecule has 0 unspecified atom stereocenters. The number of carbonyl (C=O) groups excluding carboxylic acids is 3. The fourth-order valence-electron chi connectivity index (χ4n) is 3.91. The van der Waals surface area contributed by atoms with Gasteiger partial charge in [0.25, 0.3) is 0 Å². The van der Waals surface area contributed by atoms with Gasteiger partial charge in [0.05, 0.1) is 18.6 Å². The van der Waals surface area contributed by atoms with Crippen LogP contribution in [0.5, 0.6) is 0 Å². The Kier molecular flexibility index (Phi) is 9.38. The Balaban J connectivity index is 1.35. The van der Waals surface area contributed by atoms with Crippen molar-refractivity contribution in [3.63, 3.8) is 0 Å². The van der Waals surface area contributed by atoms with Crippen LogP contribution in [0.1, 0.15) is 43.2 Å². The van der Waals surface area contributed by atoms with E-state index in [4.69, 9.17) is 9.47 Å². The van der Waals surface area contributed by atoms with E-state index in [2.05, 4.69) is 0 Å². The first kappa shape index (κ1) is 23.6. The third-order valence-corrected chi connectivity index (χ3v) is 5.72. The van der Waals surface area contributed by atoms with Crippen LogP contribution in [0, 0.1) is 11.8 Å². The minimum Gasteiger partial charge on any atom is -0.461 e. The molecule has 0 N–H and O–H groups in total. The molecular formula is C27H30O5. The number of rotatable bonds is 12. The van der Waals surface area contributed by atoms with Gasteiger partial charge in [-0.25, -0.2) is 0 Å². The first-order valence-corrected chi connectivity index (χ1v) is 11.2. The van der Waals surface area contributed by atoms with Crippen molar-refractivity contribution in [2.24, 2.45) is 11.8 Å². The Morgan fingerprint density at radius 3 is 2.25 bits per heavy atom. The second-order valence-electron chi connectivity index (χ2n) is 8.07. The van der Waals surface area contributed by atoms with E-state index in [0.717, 1.165) is 23.8 Å². The zero-order valence-corrected chi connectivity index (χ0v) is 18.2. The van der Waals surface area contributed by atoms with Gasteiger partial charge in [0.2, 0.25) is 0 Å². The van der Waals surface area contributed by atoms with Crippen LogP contribution in [0.2, 0.25) is 0 Å². The first-order valence-electron chi connectivity index (χ1n) is 11.2. The van der Waals surface area contributed by atoms with Crippen LogP contribution in [0.3, 0.4) is 0 Å². The van der Waals surface area contributed by atoms with E-state index in [1.807, 2.05) is 72.8 Å². The molecule has 1 saturated carbocycles. The quantitative estimate of drug-likeness (QED) is 0.207. The molecule has 1 fully saturated rings. The summed E-state index contributed by atoms with van der Waals surface area (Å²) in [4.78, 5) is 35.9. The maximum absolute atomic E-state index is 12.4. The first-order chi connectivity index (χ1) is 15.7. The van der Waals surface area contributed by atoms with Crippen LogP contribution in [-0.4, -0.2) is 24.1 Å². The molecule has 0 amide bonds. The van der Waals surface area contributed by atoms with Crippen molar-refractivity contribution in [2.45, 2.75) is 51.4 Å². The van der Waals surface area contributed by atoms with Crippen LogP contribution in [-0.2, 0) is 37.1 Å². The van der Waals surface area contributed by atoms with Gasteiger partial charge in [0.1, 0.15) is 18.7 Å². The second-order valence-corrected chi connectivity index (χ2v) is 8.07. The highest BCUT2D eigenvalue weighted by Gasteiger charge is 2.42. The summed E-state index contributed by atoms with van der Waals surface area (Å²) in [6.45, 7) is 0.686. The number of hydrogen-bond donors (Lipinski definition) is 0. The molecule has 5 heteroatoms. The van der Waals surface area contributed by atoms with Gasteiger partial charge in [0.15, 0.2) is 0 Å². The summed E-state index contributed by atoms with van der Waals surface area (Å²) in [7, 11) is 0. The minimum atomic E-state index is -0.413. The number of unbranched alkanes of at least 4 members (excludes halogenated alkanes) is 1. The number of benzene rings is 2. The molecule has 2 aromatic carbocycles. The number of Topliss-reactive ketones (excluding diaryl/α,β-unsaturated/α-hetero) is 1. The van der Waals surface area contributed by atoms with Crippen molar-refractivity contribution in [1.82, 2.24) is 0 Å². The Hall–Kier alpha value is -3.05. The summed E-state index contributed by atoms with van der Waals surface area (Å²) in [5.74, 6) is -0.883. The zero-order chi connectivity index (χ0) is 22.6. The molecule has 0 bridgehead atoms. The average molecular weight is 435 g/mol. The Labute approximate surface area is 189 Å². The summed E-state index contributed by atoms with van der Waals surface area (Å²) in [6.07, 6.45) is 6.97. The molecule has 0 spiro atoms. The van der Waals surface area contributed by atoms with Gasteiger partial charge in [-0.05, 0) is 30.4 Å². The van der Waals surface area contributed by atoms with Gasteiger partial charge in [-0.15, -0.1) is 0 Å². The standard InChI is InChI=1S/C27H30O5/c28-18-24-23(25(29)17-26(24)31-19-21-11-5-3-6-12-21)15-9-1-2-10-16-27(30)32-20-22-13-7-4-8-14-22/h1,3-9,11-14,18,23-24,26H,2,10,15-17,19-20H2/b9-1-/t23-,24+,26-/m1/s1. The van der Waals surface area contributed by atoms with E-state index in [0.29, 0.717) is 32.5 Å². The molecule has 168 valence electrons. The molecule has 0 saturated heterocycles. The molecule has 5 nitrogen and oxygen atoms in total. The van der Waals surface area contributed by atoms with Gasteiger partial charge in [-0.2, -0.15) is 0 Å². The predicted octanol–water partition coefficient (Wildman–Crippen LogP) is 4.84. The number of carbonyl (C=O) groups is 3. The monoisotopic (exact) mass is 434 g/mol. The highest BCUT2D eigenvalue weighted by molar-refractivity contribution is 5.88. The van der Waals surface area contributed by atoms with Crippen LogP contribution >= 0.6 is 0 Å². The topological polar surface area (TPSA) is 69.7 Å². The van der Waals surface area contributed by atoms with Crippen molar-refractivity contribution in [2.75, 3.05) is 0 Å². The SMILES string of the molecule is O=C[C@@H]1[C@H](OCc2ccccc2)CC(=O)[C@@H]1C/C=C\CCCC(=O)OCc1ccccc1. The van der Waals surface area contributed by atoms with Crippen LogP contribution in [0.4, 0.5) is 0 Å². The summed E-state index contributed by atoms with van der Waals surface area (Å²) < 4.78 is 11.2. The lowest BCUT2D eigenvalue weighted by molar-refractivity contribution is -0.145. The van der Waals surface area contributed by atoms with Crippen LogP contribution in [0.15, 0.2) is 72.8 Å². The second kappa shape index (κ2) is 12.7. The van der Waals surface area contributed by atoms with Gasteiger partial charge < -0.3 is 14.3 Å². The number of aldehydes is 1. The van der Waals surface area contributed by atoms with Gasteiger partial charge in [-0.3, -0.25) is 9.59 Å². The number of allylic oxidation sites excluding steroid dienone is 2. The molecule has 32 heavy (non-hydrogen) atoms. The molecule has 0 aromatic heterocycles. The normalized spacial score (nSPS) is 20.5. The number of hydrogen-bond acceptors (Lipinski definition) is 5. The van der Waals surface area contributed by atoms with Gasteiger partial charge in [-0.1, -0.05) is 72.8 Å². The fraction of sp³-hybridized carbons (Fsp3) is 0.370. The van der Waals surface area contributed by atoms with Gasteiger partial charge >= 0.3 is 5.97 Å². The predicted molar refractivity (Wildman–Crippen MR) is 122 cm³/mol. The lowest BCUT2D eigenvalue weighted by Crippen LogP contribution is -2.24. The smallest absolute Gasteiger partial charge is 0.306 e. The zero-order valence-electron chi connectivity index (χ0n) is 18.2. The summed E-state index contributed by atoms with van der Waals surface area (Å²) in [5, 5.41) is 0. The van der Waals surface area contributed by atoms with Crippen molar-refractivity contribution in [3.05, 3.63) is 83.9 Å². The third kappa shape index (κ3) is 7.27. The summed E-state index contributed by atoms with van der Waals surface area (Å²) in [6, 6.07) is 19.3. The molecule has 3 atom stereocenters. The summed E-state index contributed by atoms with van der Waals surface area (Å²) in [5.41, 5.74) is 1.99. The maximum atomic E-state index is 12.4. The highest BCUT2D eigenvalue weighted by atomic mass is 16.5. The Bertz CT molecular complexity index is 891. The largest absolute Gasteiger partial charge is 0.461 e. The molecule has 1 aliphatic rings. The number of ether oxygens (including phenoxy) is 2. The molecular weight excluding hydrogens is 404 g/mol. The molecule has 0 heterocycles. The average Bonchev–Trinajstić information content (AvgIpc) is 3.14. The summed E-state index contributed by atoms with van der Waals surface area (Å²) >= 11 is 0. The van der Waals surface area contributed by atoms with Gasteiger partial charge in [0, 0.05) is 18.8 Å². The Morgan fingerprint density at radius 1 is 0.938 bits per heavy atom. The van der Waals surface area contributed by atoms with E-state index >= 15 is 0 Å². The minimum absolute atomic E-state index is 0.0781. The fourth-order valence-corrected chi connectivity index (χ4v) is 3.91. The number of ketones is 1. The molecule has 1 aliphatic carbocycles. The van der Waals surface area contributed by atoms with Crippen molar-refractivity contribution in [1.29, 1.82) is 0 Å². The van der Waals surface area contributed by atoms with Crippen molar-refractivity contribution in [3.8, 4) is 0 Å². The maximum Gasteiger partial charge on any atom is 0.306 e.